The van der Waals surface area contributed by atoms with Gasteiger partial charge in [-0.2, -0.15) is 10.1 Å². The number of halogens is 3. The quantitative estimate of drug-likeness (QED) is 0.390. The van der Waals surface area contributed by atoms with Gasteiger partial charge in [0.2, 0.25) is 5.82 Å². The number of rotatable bonds is 5. The van der Waals surface area contributed by atoms with Crippen LogP contribution in [0.1, 0.15) is 5.56 Å². The van der Waals surface area contributed by atoms with Gasteiger partial charge in [0, 0.05) is 21.8 Å². The van der Waals surface area contributed by atoms with Crippen LogP contribution in [0, 0.1) is 6.92 Å². The second-order valence-corrected chi connectivity index (χ2v) is 7.22. The molecule has 4 aromatic rings. The zero-order chi connectivity index (χ0) is 19.7. The molecule has 142 valence electrons. The molecule has 2 aromatic heterocycles. The van der Waals surface area contributed by atoms with Gasteiger partial charge in [-0.1, -0.05) is 40.0 Å². The van der Waals surface area contributed by atoms with Crippen molar-refractivity contribution in [2.75, 3.05) is 0 Å². The van der Waals surface area contributed by atoms with Gasteiger partial charge in [-0.05, 0) is 55.0 Å². The topological polar surface area (TPSA) is 66.0 Å². The van der Waals surface area contributed by atoms with Crippen LogP contribution in [0.15, 0.2) is 53.2 Å². The Labute approximate surface area is 175 Å². The lowest BCUT2D eigenvalue weighted by atomic mass is 10.2. The maximum absolute atomic E-state index is 6.19. The molecule has 9 heteroatoms. The van der Waals surface area contributed by atoms with Gasteiger partial charge < -0.3 is 9.26 Å². The van der Waals surface area contributed by atoms with E-state index in [2.05, 4.69) is 15.2 Å². The van der Waals surface area contributed by atoms with Crippen molar-refractivity contribution in [1.82, 2.24) is 19.9 Å². The summed E-state index contributed by atoms with van der Waals surface area (Å²) in [7, 11) is 0. The molecule has 0 amide bonds. The van der Waals surface area contributed by atoms with Gasteiger partial charge in [-0.3, -0.25) is 0 Å². The normalized spacial score (nSPS) is 11.0. The molecule has 0 radical (unpaired) electrons. The number of benzene rings is 2. The first-order chi connectivity index (χ1) is 13.5. The molecule has 0 saturated carbocycles. The molecule has 2 heterocycles. The lowest BCUT2D eigenvalue weighted by molar-refractivity contribution is 0.221. The second kappa shape index (κ2) is 7.83. The highest BCUT2D eigenvalue weighted by molar-refractivity contribution is 6.36. The summed E-state index contributed by atoms with van der Waals surface area (Å²) in [6.45, 7) is 2.15. The van der Waals surface area contributed by atoms with Gasteiger partial charge in [0.05, 0.1) is 5.02 Å². The van der Waals surface area contributed by atoms with Crippen molar-refractivity contribution in [1.29, 1.82) is 0 Å². The molecule has 0 aliphatic heterocycles. The second-order valence-electron chi connectivity index (χ2n) is 5.97. The van der Waals surface area contributed by atoms with Crippen LogP contribution < -0.4 is 4.74 Å². The Morgan fingerprint density at radius 1 is 1.04 bits per heavy atom. The minimum Gasteiger partial charge on any atom is -0.471 e. The van der Waals surface area contributed by atoms with Crippen LogP contribution in [0.4, 0.5) is 0 Å². The van der Waals surface area contributed by atoms with Crippen molar-refractivity contribution in [3.63, 3.8) is 0 Å². The molecule has 0 spiro atoms. The number of nitrogens with zero attached hydrogens (tertiary/aromatic N) is 4. The standard InChI is InChI=1S/C19H13Cl3N4O2/c1-11-8-13(3-5-15(11)21)27-10-26-7-6-17(24-26)19-23-18(25-28-19)14-4-2-12(20)9-16(14)22/h2-9H,10H2,1H3. The average molecular weight is 436 g/mol. The summed E-state index contributed by atoms with van der Waals surface area (Å²) in [5.41, 5.74) is 2.10. The van der Waals surface area contributed by atoms with Crippen LogP contribution in [0.2, 0.25) is 15.1 Å². The molecule has 0 aliphatic rings. The number of hydrogen-bond donors (Lipinski definition) is 0. The van der Waals surface area contributed by atoms with E-state index in [1.807, 2.05) is 13.0 Å². The summed E-state index contributed by atoms with van der Waals surface area (Å²) >= 11 is 18.1. The highest BCUT2D eigenvalue weighted by Crippen LogP contribution is 2.29. The predicted molar refractivity (Wildman–Crippen MR) is 108 cm³/mol. The van der Waals surface area contributed by atoms with Crippen LogP contribution in [-0.4, -0.2) is 19.9 Å². The highest BCUT2D eigenvalue weighted by Gasteiger charge is 2.15. The monoisotopic (exact) mass is 434 g/mol. The predicted octanol–water partition coefficient (Wildman–Crippen LogP) is 5.91. The first kappa shape index (κ1) is 18.8. The van der Waals surface area contributed by atoms with Gasteiger partial charge in [0.25, 0.3) is 5.89 Å². The van der Waals surface area contributed by atoms with Gasteiger partial charge in [-0.25, -0.2) is 4.68 Å². The summed E-state index contributed by atoms with van der Waals surface area (Å²) in [4.78, 5) is 4.36. The minimum absolute atomic E-state index is 0.227. The molecule has 0 fully saturated rings. The molecular weight excluding hydrogens is 423 g/mol. The van der Waals surface area contributed by atoms with E-state index in [1.165, 1.54) is 0 Å². The van der Waals surface area contributed by atoms with Crippen LogP contribution in [0.25, 0.3) is 23.0 Å². The molecule has 28 heavy (non-hydrogen) atoms. The van der Waals surface area contributed by atoms with Gasteiger partial charge in [0.15, 0.2) is 12.4 Å². The maximum atomic E-state index is 6.19. The van der Waals surface area contributed by atoms with Gasteiger partial charge in [0.1, 0.15) is 5.75 Å². The van der Waals surface area contributed by atoms with E-state index in [0.717, 1.165) is 5.56 Å². The first-order valence-corrected chi connectivity index (χ1v) is 9.35. The molecule has 0 bridgehead atoms. The van der Waals surface area contributed by atoms with Crippen LogP contribution in [-0.2, 0) is 6.73 Å². The molecule has 0 N–H and O–H groups in total. The molecule has 6 nitrogen and oxygen atoms in total. The van der Waals surface area contributed by atoms with E-state index in [1.54, 1.807) is 47.3 Å². The molecule has 0 saturated heterocycles. The summed E-state index contributed by atoms with van der Waals surface area (Å²) in [5.74, 6) is 1.35. The Morgan fingerprint density at radius 2 is 1.89 bits per heavy atom. The lowest BCUT2D eigenvalue weighted by Gasteiger charge is -2.07. The molecular formula is C19H13Cl3N4O2. The lowest BCUT2D eigenvalue weighted by Crippen LogP contribution is -2.05. The largest absolute Gasteiger partial charge is 0.471 e. The molecule has 4 rings (SSSR count). The van der Waals surface area contributed by atoms with Crippen molar-refractivity contribution in [2.45, 2.75) is 13.7 Å². The highest BCUT2D eigenvalue weighted by atomic mass is 35.5. The van der Waals surface area contributed by atoms with Crippen LogP contribution >= 0.6 is 34.8 Å². The molecule has 0 atom stereocenters. The summed E-state index contributed by atoms with van der Waals surface area (Å²) < 4.78 is 12.7. The fraction of sp³-hybridized carbons (Fsp3) is 0.105. The Bertz CT molecular complexity index is 1140. The van der Waals surface area contributed by atoms with E-state index in [-0.39, 0.29) is 12.6 Å². The first-order valence-electron chi connectivity index (χ1n) is 8.21. The number of ether oxygens (including phenoxy) is 1. The maximum Gasteiger partial charge on any atom is 0.278 e. The van der Waals surface area contributed by atoms with Crippen molar-refractivity contribution in [3.05, 3.63) is 69.3 Å². The average Bonchev–Trinajstić information content (AvgIpc) is 3.32. The van der Waals surface area contributed by atoms with Crippen molar-refractivity contribution in [3.8, 4) is 28.7 Å². The van der Waals surface area contributed by atoms with E-state index in [9.17, 15) is 0 Å². The van der Waals surface area contributed by atoms with E-state index < -0.39 is 0 Å². The van der Waals surface area contributed by atoms with Crippen molar-refractivity contribution < 1.29 is 9.26 Å². The summed E-state index contributed by atoms with van der Waals surface area (Å²) in [6, 6.07) is 12.3. The van der Waals surface area contributed by atoms with E-state index in [4.69, 9.17) is 44.1 Å². The molecule has 0 aliphatic carbocycles. The zero-order valence-corrected chi connectivity index (χ0v) is 16.8. The fourth-order valence-electron chi connectivity index (χ4n) is 2.50. The van der Waals surface area contributed by atoms with Gasteiger partial charge >= 0.3 is 0 Å². The summed E-state index contributed by atoms with van der Waals surface area (Å²) in [5, 5.41) is 10.0. The third kappa shape index (κ3) is 3.99. The molecule has 0 unspecified atom stereocenters. The third-order valence-electron chi connectivity index (χ3n) is 3.95. The van der Waals surface area contributed by atoms with E-state index >= 15 is 0 Å². The van der Waals surface area contributed by atoms with Crippen molar-refractivity contribution >= 4 is 34.8 Å². The number of aromatic nitrogens is 4. The van der Waals surface area contributed by atoms with Gasteiger partial charge in [-0.15, -0.1) is 0 Å². The van der Waals surface area contributed by atoms with Crippen molar-refractivity contribution in [2.24, 2.45) is 0 Å². The fourth-order valence-corrected chi connectivity index (χ4v) is 3.11. The minimum atomic E-state index is 0.227. The van der Waals surface area contributed by atoms with Crippen LogP contribution in [0.5, 0.6) is 5.75 Å². The Morgan fingerprint density at radius 3 is 2.68 bits per heavy atom. The smallest absolute Gasteiger partial charge is 0.278 e. The number of aryl methyl sites for hydroxylation is 1. The van der Waals surface area contributed by atoms with Crippen LogP contribution in [0.3, 0.4) is 0 Å². The Kier molecular flexibility index (Phi) is 5.26. The Balaban J connectivity index is 1.48. The zero-order valence-electron chi connectivity index (χ0n) is 14.6. The SMILES string of the molecule is Cc1cc(OCn2ccc(-c3nc(-c4ccc(Cl)cc4Cl)no3)n2)ccc1Cl. The third-order valence-corrected chi connectivity index (χ3v) is 4.92. The summed E-state index contributed by atoms with van der Waals surface area (Å²) in [6.07, 6.45) is 1.76. The molecule has 2 aromatic carbocycles. The van der Waals surface area contributed by atoms with E-state index in [0.29, 0.717) is 37.9 Å². The Hall–Kier alpha value is -2.54. The number of hydrogen-bond acceptors (Lipinski definition) is 5.